The van der Waals surface area contributed by atoms with E-state index < -0.39 is 0 Å². The van der Waals surface area contributed by atoms with Crippen molar-refractivity contribution in [2.24, 2.45) is 0 Å². The predicted molar refractivity (Wildman–Crippen MR) is 90.8 cm³/mol. The first kappa shape index (κ1) is 15.1. The van der Waals surface area contributed by atoms with E-state index in [9.17, 15) is 0 Å². The third-order valence-corrected chi connectivity index (χ3v) is 3.76. The average Bonchev–Trinajstić information content (AvgIpc) is 2.89. The van der Waals surface area contributed by atoms with Crippen molar-refractivity contribution < 1.29 is 0 Å². The summed E-state index contributed by atoms with van der Waals surface area (Å²) in [5.41, 5.74) is 7.46. The Hall–Kier alpha value is -2.29. The maximum Gasteiger partial charge on any atom is 0.0530 e. The van der Waals surface area contributed by atoms with E-state index in [4.69, 9.17) is 0 Å². The van der Waals surface area contributed by atoms with Crippen LogP contribution in [0.3, 0.4) is 0 Å². The highest BCUT2D eigenvalue weighted by Crippen LogP contribution is 2.36. The summed E-state index contributed by atoms with van der Waals surface area (Å²) in [6.45, 7) is 8.10. The summed E-state index contributed by atoms with van der Waals surface area (Å²) >= 11 is 0. The van der Waals surface area contributed by atoms with Gasteiger partial charge in [-0.2, -0.15) is 0 Å². The van der Waals surface area contributed by atoms with Gasteiger partial charge in [0.1, 0.15) is 0 Å². The van der Waals surface area contributed by atoms with E-state index in [1.54, 1.807) is 6.20 Å². The van der Waals surface area contributed by atoms with Crippen LogP contribution < -0.4 is 10.6 Å². The predicted octanol–water partition coefficient (Wildman–Crippen LogP) is 4.25. The molecular formula is C18H23N3. The number of hydrogen-bond donors (Lipinski definition) is 2. The zero-order chi connectivity index (χ0) is 15.2. The van der Waals surface area contributed by atoms with Crippen molar-refractivity contribution in [1.82, 2.24) is 10.3 Å². The lowest BCUT2D eigenvalue weighted by molar-refractivity contribution is 1.03. The molecule has 0 aromatic carbocycles. The first-order valence-corrected chi connectivity index (χ1v) is 7.29. The largest absolute Gasteiger partial charge is 0.387 e. The monoisotopic (exact) mass is 281 g/mol. The van der Waals surface area contributed by atoms with Crippen LogP contribution in [0.1, 0.15) is 32.3 Å². The van der Waals surface area contributed by atoms with Crippen molar-refractivity contribution in [2.45, 2.75) is 26.7 Å². The zero-order valence-corrected chi connectivity index (χ0v) is 13.0. The lowest BCUT2D eigenvalue weighted by atomic mass is 9.95. The van der Waals surface area contributed by atoms with Crippen molar-refractivity contribution in [1.29, 1.82) is 0 Å². The number of aromatic nitrogens is 1. The van der Waals surface area contributed by atoms with E-state index in [2.05, 4.69) is 48.2 Å². The second-order valence-corrected chi connectivity index (χ2v) is 5.14. The van der Waals surface area contributed by atoms with Gasteiger partial charge in [-0.15, -0.1) is 0 Å². The standard InChI is InChI=1S/C18H23N3/c1-5-14-7-13(3)17(8-14)18(12-20-6-2)15-9-16(19-4)11-21-10-15/h6-7,9-12,19-20H,2,5,8H2,1,3-4H3/b18-12-. The van der Waals surface area contributed by atoms with E-state index in [0.717, 1.165) is 24.1 Å². The molecule has 0 bridgehead atoms. The average molecular weight is 281 g/mol. The Morgan fingerprint density at radius 3 is 2.86 bits per heavy atom. The van der Waals surface area contributed by atoms with Crippen LogP contribution >= 0.6 is 0 Å². The Kier molecular flexibility index (Phi) is 4.99. The van der Waals surface area contributed by atoms with Crippen molar-refractivity contribution in [2.75, 3.05) is 12.4 Å². The zero-order valence-electron chi connectivity index (χ0n) is 13.0. The molecule has 0 unspecified atom stereocenters. The smallest absolute Gasteiger partial charge is 0.0530 e. The second-order valence-electron chi connectivity index (χ2n) is 5.14. The van der Waals surface area contributed by atoms with E-state index in [1.807, 2.05) is 25.6 Å². The summed E-state index contributed by atoms with van der Waals surface area (Å²) in [5, 5.41) is 6.25. The van der Waals surface area contributed by atoms with Crippen molar-refractivity contribution in [3.8, 4) is 0 Å². The van der Waals surface area contributed by atoms with E-state index >= 15 is 0 Å². The van der Waals surface area contributed by atoms with Gasteiger partial charge < -0.3 is 10.6 Å². The van der Waals surface area contributed by atoms with E-state index in [0.29, 0.717) is 0 Å². The summed E-state index contributed by atoms with van der Waals surface area (Å²) in [6, 6.07) is 2.12. The number of pyridine rings is 1. The highest BCUT2D eigenvalue weighted by molar-refractivity contribution is 5.82. The molecule has 1 aliphatic rings. The minimum Gasteiger partial charge on any atom is -0.387 e. The summed E-state index contributed by atoms with van der Waals surface area (Å²) in [6.07, 6.45) is 11.8. The Balaban J connectivity index is 2.41. The summed E-state index contributed by atoms with van der Waals surface area (Å²) < 4.78 is 0. The minimum absolute atomic E-state index is 1.01. The molecule has 110 valence electrons. The van der Waals surface area contributed by atoms with Crippen LogP contribution in [0.25, 0.3) is 5.57 Å². The van der Waals surface area contributed by atoms with Crippen LogP contribution in [-0.4, -0.2) is 12.0 Å². The molecule has 3 heteroatoms. The Morgan fingerprint density at radius 1 is 1.43 bits per heavy atom. The lowest BCUT2D eigenvalue weighted by Gasteiger charge is -2.13. The molecule has 2 N–H and O–H groups in total. The van der Waals surface area contributed by atoms with Crippen LogP contribution in [0.15, 0.2) is 60.2 Å². The van der Waals surface area contributed by atoms with Gasteiger partial charge in [0, 0.05) is 36.8 Å². The minimum atomic E-state index is 1.01. The fraction of sp³-hybridized carbons (Fsp3) is 0.278. The Labute approximate surface area is 127 Å². The normalized spacial score (nSPS) is 15.0. The molecule has 0 saturated heterocycles. The van der Waals surface area contributed by atoms with Crippen LogP contribution in [0, 0.1) is 0 Å². The van der Waals surface area contributed by atoms with Gasteiger partial charge in [0.25, 0.3) is 0 Å². The SMILES string of the molecule is C=CN/C=C(\C1=C(C)C=C(CC)C1)c1cncc(NC)c1. The van der Waals surface area contributed by atoms with Gasteiger partial charge in [-0.25, -0.2) is 0 Å². The molecule has 0 fully saturated rings. The van der Waals surface area contributed by atoms with Gasteiger partial charge in [0.15, 0.2) is 0 Å². The molecule has 0 saturated carbocycles. The molecule has 1 heterocycles. The number of allylic oxidation sites excluding steroid dienone is 5. The van der Waals surface area contributed by atoms with Crippen molar-refractivity contribution in [3.63, 3.8) is 0 Å². The number of anilines is 1. The quantitative estimate of drug-likeness (QED) is 0.818. The van der Waals surface area contributed by atoms with Gasteiger partial charge in [-0.1, -0.05) is 25.2 Å². The van der Waals surface area contributed by atoms with Crippen LogP contribution in [0.5, 0.6) is 0 Å². The summed E-state index contributed by atoms with van der Waals surface area (Å²) in [7, 11) is 1.91. The van der Waals surface area contributed by atoms with E-state index in [-0.39, 0.29) is 0 Å². The fourth-order valence-electron chi connectivity index (χ4n) is 2.56. The first-order chi connectivity index (χ1) is 10.2. The third kappa shape index (κ3) is 3.43. The van der Waals surface area contributed by atoms with Gasteiger partial charge in [0.05, 0.1) is 5.69 Å². The van der Waals surface area contributed by atoms with Crippen LogP contribution in [-0.2, 0) is 0 Å². The number of nitrogens with one attached hydrogen (secondary N) is 2. The molecule has 1 aromatic rings. The molecule has 1 aromatic heterocycles. The molecule has 21 heavy (non-hydrogen) atoms. The van der Waals surface area contributed by atoms with Crippen molar-refractivity contribution >= 4 is 11.3 Å². The van der Waals surface area contributed by atoms with Crippen LogP contribution in [0.4, 0.5) is 5.69 Å². The Bertz CT molecular complexity index is 621. The molecule has 0 amide bonds. The van der Waals surface area contributed by atoms with Gasteiger partial charge in [-0.3, -0.25) is 4.98 Å². The third-order valence-electron chi connectivity index (χ3n) is 3.76. The lowest BCUT2D eigenvalue weighted by Crippen LogP contribution is -2.00. The van der Waals surface area contributed by atoms with Gasteiger partial charge >= 0.3 is 0 Å². The molecule has 0 spiro atoms. The molecular weight excluding hydrogens is 258 g/mol. The Morgan fingerprint density at radius 2 is 2.24 bits per heavy atom. The topological polar surface area (TPSA) is 37.0 Å². The highest BCUT2D eigenvalue weighted by atomic mass is 14.8. The molecule has 0 aliphatic heterocycles. The maximum atomic E-state index is 4.32. The molecule has 2 rings (SSSR count). The number of hydrogen-bond acceptors (Lipinski definition) is 3. The molecule has 3 nitrogen and oxygen atoms in total. The number of rotatable bonds is 6. The van der Waals surface area contributed by atoms with Gasteiger partial charge in [-0.05, 0) is 43.2 Å². The van der Waals surface area contributed by atoms with Crippen molar-refractivity contribution in [3.05, 3.63) is 65.8 Å². The first-order valence-electron chi connectivity index (χ1n) is 7.29. The highest BCUT2D eigenvalue weighted by Gasteiger charge is 2.17. The fourth-order valence-corrected chi connectivity index (χ4v) is 2.56. The molecule has 0 radical (unpaired) electrons. The molecule has 1 aliphatic carbocycles. The number of nitrogens with zero attached hydrogens (tertiary/aromatic N) is 1. The maximum absolute atomic E-state index is 4.32. The van der Waals surface area contributed by atoms with Gasteiger partial charge in [0.2, 0.25) is 0 Å². The van der Waals surface area contributed by atoms with E-state index in [1.165, 1.54) is 22.3 Å². The summed E-state index contributed by atoms with van der Waals surface area (Å²) in [5.74, 6) is 0. The van der Waals surface area contributed by atoms with Crippen LogP contribution in [0.2, 0.25) is 0 Å². The second kappa shape index (κ2) is 6.93. The molecule has 0 atom stereocenters. The summed E-state index contributed by atoms with van der Waals surface area (Å²) in [4.78, 5) is 4.32.